The minimum absolute atomic E-state index is 0.0120. The Balaban J connectivity index is 1.99. The lowest BCUT2D eigenvalue weighted by Crippen LogP contribution is -2.44. The summed E-state index contributed by atoms with van der Waals surface area (Å²) in [5, 5.41) is 7.75. The highest BCUT2D eigenvalue weighted by molar-refractivity contribution is 7.89. The smallest absolute Gasteiger partial charge is 0.321 e. The molecule has 1 heterocycles. The Labute approximate surface area is 124 Å². The number of nitrogens with zero attached hydrogens (tertiary/aromatic N) is 1. The fourth-order valence-electron chi connectivity index (χ4n) is 2.25. The molecule has 3 N–H and O–H groups in total. The Morgan fingerprint density at radius 3 is 2.62 bits per heavy atom. The van der Waals surface area contributed by atoms with Gasteiger partial charge in [-0.1, -0.05) is 0 Å². The highest BCUT2D eigenvalue weighted by Gasteiger charge is 2.23. The molecular formula is C13H19N3O4S. The molecule has 21 heavy (non-hydrogen) atoms. The van der Waals surface area contributed by atoms with Crippen LogP contribution in [0.3, 0.4) is 0 Å². The molecule has 0 aromatic heterocycles. The van der Waals surface area contributed by atoms with Crippen molar-refractivity contribution in [3.8, 4) is 0 Å². The van der Waals surface area contributed by atoms with Crippen LogP contribution in [-0.2, 0) is 14.8 Å². The molecule has 1 fully saturated rings. The number of likely N-dealkylation sites (tertiary alicyclic amines) is 1. The summed E-state index contributed by atoms with van der Waals surface area (Å²) < 4.78 is 27.6. The van der Waals surface area contributed by atoms with E-state index >= 15 is 0 Å². The number of nitrogens with two attached hydrogens (primary N) is 1. The summed E-state index contributed by atoms with van der Waals surface area (Å²) in [6.45, 7) is 1.23. The minimum atomic E-state index is -3.72. The molecule has 8 heteroatoms. The summed E-state index contributed by atoms with van der Waals surface area (Å²) in [5.74, 6) is 0. The number of carbonyl (C=O) groups is 1. The molecule has 2 rings (SSSR count). The number of carbonyl (C=O) groups excluding carboxylic acids is 1. The van der Waals surface area contributed by atoms with Crippen LogP contribution in [0.2, 0.25) is 0 Å². The monoisotopic (exact) mass is 313 g/mol. The van der Waals surface area contributed by atoms with Crippen molar-refractivity contribution in [2.75, 3.05) is 25.5 Å². The number of anilines is 1. The number of rotatable bonds is 3. The fraction of sp³-hybridized carbons (Fsp3) is 0.462. The van der Waals surface area contributed by atoms with Gasteiger partial charge in [-0.15, -0.1) is 0 Å². The fourth-order valence-corrected chi connectivity index (χ4v) is 2.76. The van der Waals surface area contributed by atoms with Crippen LogP contribution in [0.5, 0.6) is 0 Å². The van der Waals surface area contributed by atoms with Crippen LogP contribution in [0.15, 0.2) is 29.2 Å². The quantitative estimate of drug-likeness (QED) is 0.868. The lowest BCUT2D eigenvalue weighted by Gasteiger charge is -2.31. The Bertz CT molecular complexity index is 600. The number of hydrogen-bond acceptors (Lipinski definition) is 4. The van der Waals surface area contributed by atoms with Gasteiger partial charge in [-0.05, 0) is 37.1 Å². The first-order chi connectivity index (χ1) is 9.90. The summed E-state index contributed by atoms with van der Waals surface area (Å²) in [5.41, 5.74) is 0.520. The first kappa shape index (κ1) is 15.7. The van der Waals surface area contributed by atoms with Crippen molar-refractivity contribution in [1.82, 2.24) is 4.90 Å². The van der Waals surface area contributed by atoms with Gasteiger partial charge in [0, 0.05) is 25.9 Å². The first-order valence-corrected chi connectivity index (χ1v) is 8.16. The van der Waals surface area contributed by atoms with Crippen LogP contribution in [0, 0.1) is 0 Å². The second-order valence-corrected chi connectivity index (χ2v) is 6.51. The molecule has 1 aliphatic heterocycles. The van der Waals surface area contributed by atoms with Crippen LogP contribution in [0.4, 0.5) is 10.5 Å². The molecule has 116 valence electrons. The van der Waals surface area contributed by atoms with Crippen molar-refractivity contribution >= 4 is 21.7 Å². The third kappa shape index (κ3) is 4.16. The predicted octanol–water partition coefficient (Wildman–Crippen LogP) is 0.977. The topological polar surface area (TPSA) is 102 Å². The molecule has 1 aliphatic rings. The third-order valence-corrected chi connectivity index (χ3v) is 4.36. The lowest BCUT2D eigenvalue weighted by atomic mass is 10.1. The van der Waals surface area contributed by atoms with Gasteiger partial charge in [0.25, 0.3) is 0 Å². The van der Waals surface area contributed by atoms with Gasteiger partial charge in [0.1, 0.15) is 0 Å². The molecule has 1 aromatic carbocycles. The highest BCUT2D eigenvalue weighted by atomic mass is 32.2. The summed E-state index contributed by atoms with van der Waals surface area (Å²) >= 11 is 0. The third-order valence-electron chi connectivity index (χ3n) is 3.43. The van der Waals surface area contributed by atoms with E-state index in [1.807, 2.05) is 0 Å². The van der Waals surface area contributed by atoms with Crippen LogP contribution in [0.1, 0.15) is 12.8 Å². The average Bonchev–Trinajstić information content (AvgIpc) is 2.47. The van der Waals surface area contributed by atoms with Crippen LogP contribution in [-0.4, -0.2) is 45.7 Å². The van der Waals surface area contributed by atoms with E-state index in [1.165, 1.54) is 24.3 Å². The van der Waals surface area contributed by atoms with Crippen molar-refractivity contribution in [3.63, 3.8) is 0 Å². The standard InChI is InChI=1S/C13H19N3O4S/c1-20-11-3-2-8-16(9-11)13(17)15-10-4-6-12(7-5-10)21(14,18)19/h4-7,11H,2-3,8-9H2,1H3,(H,15,17)(H2,14,18,19)/t11-/m0/s1. The van der Waals surface area contributed by atoms with Crippen LogP contribution in [0.25, 0.3) is 0 Å². The molecular weight excluding hydrogens is 294 g/mol. The second kappa shape index (κ2) is 6.42. The van der Waals surface area contributed by atoms with Crippen molar-refractivity contribution in [1.29, 1.82) is 0 Å². The molecule has 0 bridgehead atoms. The van der Waals surface area contributed by atoms with E-state index < -0.39 is 10.0 Å². The van der Waals surface area contributed by atoms with E-state index in [0.29, 0.717) is 18.8 Å². The van der Waals surface area contributed by atoms with Gasteiger partial charge in [-0.2, -0.15) is 0 Å². The molecule has 1 aromatic rings. The number of benzene rings is 1. The number of nitrogens with one attached hydrogen (secondary N) is 1. The van der Waals surface area contributed by atoms with Crippen LogP contribution >= 0.6 is 0 Å². The Morgan fingerprint density at radius 1 is 1.38 bits per heavy atom. The van der Waals surface area contributed by atoms with Crippen molar-refractivity contribution < 1.29 is 17.9 Å². The number of sulfonamides is 1. The summed E-state index contributed by atoms with van der Waals surface area (Å²) in [6, 6.07) is 5.52. The molecule has 0 unspecified atom stereocenters. The van der Waals surface area contributed by atoms with E-state index in [9.17, 15) is 13.2 Å². The molecule has 2 amide bonds. The molecule has 7 nitrogen and oxygen atoms in total. The number of primary sulfonamides is 1. The number of urea groups is 1. The van der Waals surface area contributed by atoms with Crippen molar-refractivity contribution in [2.24, 2.45) is 5.14 Å². The Hall–Kier alpha value is -1.64. The van der Waals surface area contributed by atoms with Gasteiger partial charge in [0.15, 0.2) is 0 Å². The minimum Gasteiger partial charge on any atom is -0.380 e. The zero-order valence-corrected chi connectivity index (χ0v) is 12.6. The number of ether oxygens (including phenoxy) is 1. The number of hydrogen-bond donors (Lipinski definition) is 2. The molecule has 0 radical (unpaired) electrons. The molecule has 0 aliphatic carbocycles. The van der Waals surface area contributed by atoms with Crippen LogP contribution < -0.4 is 10.5 Å². The maximum atomic E-state index is 12.1. The maximum Gasteiger partial charge on any atom is 0.321 e. The average molecular weight is 313 g/mol. The largest absolute Gasteiger partial charge is 0.380 e. The van der Waals surface area contributed by atoms with Gasteiger partial charge in [-0.3, -0.25) is 0 Å². The van der Waals surface area contributed by atoms with E-state index in [-0.39, 0.29) is 17.0 Å². The van der Waals surface area contributed by atoms with E-state index in [2.05, 4.69) is 5.32 Å². The zero-order valence-electron chi connectivity index (χ0n) is 11.8. The molecule has 0 spiro atoms. The first-order valence-electron chi connectivity index (χ1n) is 6.62. The molecule has 1 atom stereocenters. The molecule has 1 saturated heterocycles. The number of methoxy groups -OCH3 is 1. The highest BCUT2D eigenvalue weighted by Crippen LogP contribution is 2.16. The SMILES string of the molecule is CO[C@H]1CCCN(C(=O)Nc2ccc(S(N)(=O)=O)cc2)C1. The number of amides is 2. The van der Waals surface area contributed by atoms with E-state index in [1.54, 1.807) is 12.0 Å². The van der Waals surface area contributed by atoms with Gasteiger partial charge in [-0.25, -0.2) is 18.4 Å². The summed E-state index contributed by atoms with van der Waals surface area (Å²) in [4.78, 5) is 13.8. The second-order valence-electron chi connectivity index (χ2n) is 4.95. The van der Waals surface area contributed by atoms with Gasteiger partial charge in [0.2, 0.25) is 10.0 Å². The summed E-state index contributed by atoms with van der Waals surface area (Å²) in [7, 11) is -2.08. The van der Waals surface area contributed by atoms with Crippen molar-refractivity contribution in [3.05, 3.63) is 24.3 Å². The predicted molar refractivity (Wildman–Crippen MR) is 78.4 cm³/mol. The Morgan fingerprint density at radius 2 is 2.05 bits per heavy atom. The maximum absolute atomic E-state index is 12.1. The Kier molecular flexibility index (Phi) is 4.81. The van der Waals surface area contributed by atoms with Gasteiger partial charge in [0.05, 0.1) is 11.0 Å². The lowest BCUT2D eigenvalue weighted by molar-refractivity contribution is 0.0458. The van der Waals surface area contributed by atoms with Crippen molar-refractivity contribution in [2.45, 2.75) is 23.8 Å². The van der Waals surface area contributed by atoms with E-state index in [4.69, 9.17) is 9.88 Å². The zero-order chi connectivity index (χ0) is 15.5. The van der Waals surface area contributed by atoms with Gasteiger partial charge >= 0.3 is 6.03 Å². The normalized spacial score (nSPS) is 19.3. The van der Waals surface area contributed by atoms with Gasteiger partial charge < -0.3 is 15.0 Å². The summed E-state index contributed by atoms with van der Waals surface area (Å²) in [6.07, 6.45) is 1.91. The van der Waals surface area contributed by atoms with E-state index in [0.717, 1.165) is 12.8 Å². The molecule has 0 saturated carbocycles. The number of piperidine rings is 1.